The van der Waals surface area contributed by atoms with E-state index in [0.717, 1.165) is 0 Å². The Kier molecular flexibility index (Phi) is 3.85. The molecule has 1 atom stereocenters. The number of hydrogen-bond acceptors (Lipinski definition) is 5. The van der Waals surface area contributed by atoms with Crippen LogP contribution < -0.4 is 5.32 Å². The van der Waals surface area contributed by atoms with Gasteiger partial charge in [0.2, 0.25) is 5.82 Å². The van der Waals surface area contributed by atoms with Gasteiger partial charge in [-0.15, -0.1) is 0 Å². The molecule has 0 aliphatic carbocycles. The Morgan fingerprint density at radius 2 is 2.28 bits per heavy atom. The molecule has 0 aliphatic heterocycles. The minimum atomic E-state index is -1.28. The number of aliphatic carboxylic acids is 1. The summed E-state index contributed by atoms with van der Waals surface area (Å²) in [6, 6.07) is 1.35. The Labute approximate surface area is 104 Å². The van der Waals surface area contributed by atoms with Crippen molar-refractivity contribution in [3.8, 4) is 0 Å². The van der Waals surface area contributed by atoms with Gasteiger partial charge in [-0.25, -0.2) is 9.78 Å². The number of aryl methyl sites for hydroxylation is 1. The molecule has 98 valence electrons. The van der Waals surface area contributed by atoms with Crippen molar-refractivity contribution in [2.24, 2.45) is 0 Å². The minimum Gasteiger partial charge on any atom is -0.480 e. The van der Waals surface area contributed by atoms with Crippen LogP contribution in [0.5, 0.6) is 0 Å². The first kappa shape index (κ1) is 13.9. The second-order valence-corrected chi connectivity index (χ2v) is 4.25. The highest BCUT2D eigenvalue weighted by Crippen LogP contribution is 2.26. The van der Waals surface area contributed by atoms with E-state index in [4.69, 9.17) is 5.11 Å². The van der Waals surface area contributed by atoms with Crippen LogP contribution in [0, 0.1) is 17.0 Å². The van der Waals surface area contributed by atoms with E-state index in [1.807, 2.05) is 0 Å². The predicted molar refractivity (Wildman–Crippen MR) is 65.6 cm³/mol. The number of hydrogen-bond donors (Lipinski definition) is 2. The SMILES string of the molecule is CCC(C)(Nc1ncc(C)cc1[N+](=O)[O-])C(=O)O. The van der Waals surface area contributed by atoms with Crippen LogP contribution in [0.3, 0.4) is 0 Å². The number of rotatable bonds is 5. The average Bonchev–Trinajstić information content (AvgIpc) is 2.30. The maximum atomic E-state index is 11.1. The van der Waals surface area contributed by atoms with E-state index in [9.17, 15) is 14.9 Å². The molecule has 0 aromatic carbocycles. The molecule has 18 heavy (non-hydrogen) atoms. The summed E-state index contributed by atoms with van der Waals surface area (Å²) in [7, 11) is 0. The number of anilines is 1. The van der Waals surface area contributed by atoms with Gasteiger partial charge in [-0.1, -0.05) is 6.92 Å². The lowest BCUT2D eigenvalue weighted by molar-refractivity contribution is -0.384. The molecule has 1 unspecified atom stereocenters. The van der Waals surface area contributed by atoms with E-state index < -0.39 is 16.4 Å². The van der Waals surface area contributed by atoms with Crippen LogP contribution in [0.4, 0.5) is 11.5 Å². The third kappa shape index (κ3) is 2.73. The highest BCUT2D eigenvalue weighted by molar-refractivity contribution is 5.82. The fraction of sp³-hybridized carbons (Fsp3) is 0.455. The zero-order chi connectivity index (χ0) is 13.9. The van der Waals surface area contributed by atoms with Gasteiger partial charge >= 0.3 is 11.7 Å². The molecule has 0 radical (unpaired) electrons. The van der Waals surface area contributed by atoms with Gasteiger partial charge in [-0.05, 0) is 25.8 Å². The maximum absolute atomic E-state index is 11.1. The highest BCUT2D eigenvalue weighted by atomic mass is 16.6. The molecule has 1 heterocycles. The molecule has 0 aliphatic rings. The summed E-state index contributed by atoms with van der Waals surface area (Å²) < 4.78 is 0. The van der Waals surface area contributed by atoms with Crippen molar-refractivity contribution in [1.82, 2.24) is 4.98 Å². The summed E-state index contributed by atoms with van der Waals surface area (Å²) in [6.45, 7) is 4.82. The minimum absolute atomic E-state index is 0.0302. The molecular weight excluding hydrogens is 238 g/mol. The quantitative estimate of drug-likeness (QED) is 0.613. The lowest BCUT2D eigenvalue weighted by Crippen LogP contribution is -2.43. The zero-order valence-corrected chi connectivity index (χ0v) is 10.4. The van der Waals surface area contributed by atoms with Crippen LogP contribution >= 0.6 is 0 Å². The Morgan fingerprint density at radius 3 is 2.72 bits per heavy atom. The van der Waals surface area contributed by atoms with Crippen molar-refractivity contribution in [2.45, 2.75) is 32.7 Å². The first-order valence-electron chi connectivity index (χ1n) is 5.42. The molecule has 1 rings (SSSR count). The normalized spacial score (nSPS) is 13.7. The topological polar surface area (TPSA) is 105 Å². The molecule has 7 nitrogen and oxygen atoms in total. The first-order valence-corrected chi connectivity index (χ1v) is 5.42. The Morgan fingerprint density at radius 1 is 1.67 bits per heavy atom. The lowest BCUT2D eigenvalue weighted by Gasteiger charge is -2.24. The number of nitro groups is 1. The Hall–Kier alpha value is -2.18. The molecule has 0 amide bonds. The van der Waals surface area contributed by atoms with E-state index in [2.05, 4.69) is 10.3 Å². The van der Waals surface area contributed by atoms with Gasteiger partial charge < -0.3 is 10.4 Å². The number of carbonyl (C=O) groups is 1. The number of carboxylic acid groups (broad SMARTS) is 1. The second-order valence-electron chi connectivity index (χ2n) is 4.25. The summed E-state index contributed by atoms with van der Waals surface area (Å²) in [5.74, 6) is -1.11. The summed E-state index contributed by atoms with van der Waals surface area (Å²) >= 11 is 0. The number of aromatic nitrogens is 1. The molecule has 0 saturated heterocycles. The number of nitrogens with one attached hydrogen (secondary N) is 1. The van der Waals surface area contributed by atoms with E-state index in [0.29, 0.717) is 5.56 Å². The number of nitrogens with zero attached hydrogens (tertiary/aromatic N) is 2. The van der Waals surface area contributed by atoms with E-state index in [1.165, 1.54) is 19.2 Å². The van der Waals surface area contributed by atoms with Crippen molar-refractivity contribution < 1.29 is 14.8 Å². The molecule has 7 heteroatoms. The fourth-order valence-electron chi connectivity index (χ4n) is 1.34. The Bertz CT molecular complexity index is 489. The van der Waals surface area contributed by atoms with Crippen LogP contribution in [0.15, 0.2) is 12.3 Å². The summed E-state index contributed by atoms with van der Waals surface area (Å²) in [5.41, 5.74) is -0.871. The largest absolute Gasteiger partial charge is 0.480 e. The molecule has 0 bridgehead atoms. The van der Waals surface area contributed by atoms with Crippen LogP contribution in [-0.2, 0) is 4.79 Å². The molecule has 0 fully saturated rings. The summed E-state index contributed by atoms with van der Waals surface area (Å²) in [5, 5.41) is 22.6. The molecule has 2 N–H and O–H groups in total. The first-order chi connectivity index (χ1) is 8.30. The van der Waals surface area contributed by atoms with Crippen molar-refractivity contribution in [1.29, 1.82) is 0 Å². The van der Waals surface area contributed by atoms with Crippen LogP contribution in [0.1, 0.15) is 25.8 Å². The molecule has 0 spiro atoms. The summed E-state index contributed by atoms with van der Waals surface area (Å²) in [6.07, 6.45) is 1.72. The molecule has 0 saturated carbocycles. The van der Waals surface area contributed by atoms with Gasteiger partial charge in [0.05, 0.1) is 4.92 Å². The fourth-order valence-corrected chi connectivity index (χ4v) is 1.34. The van der Waals surface area contributed by atoms with Crippen molar-refractivity contribution in [2.75, 3.05) is 5.32 Å². The van der Waals surface area contributed by atoms with Gasteiger partial charge in [0.15, 0.2) is 0 Å². The third-order valence-electron chi connectivity index (χ3n) is 2.77. The molecular formula is C11H15N3O4. The van der Waals surface area contributed by atoms with Gasteiger partial charge in [0.1, 0.15) is 5.54 Å². The lowest BCUT2D eigenvalue weighted by atomic mass is 9.99. The average molecular weight is 253 g/mol. The standard InChI is InChI=1S/C11H15N3O4/c1-4-11(3,10(15)16)13-9-8(14(17)18)5-7(2)6-12-9/h5-6H,4H2,1-3H3,(H,12,13)(H,15,16). The second kappa shape index (κ2) is 4.99. The van der Waals surface area contributed by atoms with Crippen LogP contribution in [-0.4, -0.2) is 26.5 Å². The zero-order valence-electron chi connectivity index (χ0n) is 10.4. The monoisotopic (exact) mass is 253 g/mol. The highest BCUT2D eigenvalue weighted by Gasteiger charge is 2.33. The van der Waals surface area contributed by atoms with Gasteiger partial charge in [-0.2, -0.15) is 0 Å². The van der Waals surface area contributed by atoms with E-state index >= 15 is 0 Å². The summed E-state index contributed by atoms with van der Waals surface area (Å²) in [4.78, 5) is 25.4. The van der Waals surface area contributed by atoms with Crippen molar-refractivity contribution in [3.63, 3.8) is 0 Å². The number of carboxylic acids is 1. The third-order valence-corrected chi connectivity index (χ3v) is 2.77. The predicted octanol–water partition coefficient (Wildman–Crippen LogP) is 1.96. The number of pyridine rings is 1. The Balaban J connectivity index is 3.18. The molecule has 1 aromatic rings. The van der Waals surface area contributed by atoms with Crippen molar-refractivity contribution >= 4 is 17.5 Å². The van der Waals surface area contributed by atoms with Gasteiger partial charge in [0, 0.05) is 12.3 Å². The smallest absolute Gasteiger partial charge is 0.329 e. The maximum Gasteiger partial charge on any atom is 0.329 e. The van der Waals surface area contributed by atoms with Crippen LogP contribution in [0.2, 0.25) is 0 Å². The van der Waals surface area contributed by atoms with Gasteiger partial charge in [-0.3, -0.25) is 10.1 Å². The van der Waals surface area contributed by atoms with Gasteiger partial charge in [0.25, 0.3) is 0 Å². The molecule has 1 aromatic heterocycles. The van der Waals surface area contributed by atoms with E-state index in [1.54, 1.807) is 13.8 Å². The van der Waals surface area contributed by atoms with Crippen LogP contribution in [0.25, 0.3) is 0 Å². The van der Waals surface area contributed by atoms with E-state index in [-0.39, 0.29) is 17.9 Å². The van der Waals surface area contributed by atoms with Crippen molar-refractivity contribution in [3.05, 3.63) is 27.9 Å².